The molecule has 0 saturated carbocycles. The van der Waals surface area contributed by atoms with Crippen molar-refractivity contribution in [1.29, 1.82) is 0 Å². The zero-order valence-corrected chi connectivity index (χ0v) is 48.0. The fourth-order valence-electron chi connectivity index (χ4n) is 9.94. The number of unbranched alkanes of at least 4 members (excludes halogenated alkanes) is 44. The lowest BCUT2D eigenvalue weighted by molar-refractivity contribution is -0.123. The fourth-order valence-corrected chi connectivity index (χ4v) is 9.94. The highest BCUT2D eigenvalue weighted by molar-refractivity contribution is 5.76. The maximum atomic E-state index is 12.5. The number of hydrogen-bond donors (Lipinski definition) is 3. The van der Waals surface area contributed by atoms with E-state index in [0.717, 1.165) is 51.4 Å². The maximum Gasteiger partial charge on any atom is 0.220 e. The van der Waals surface area contributed by atoms with Crippen LogP contribution in [0.2, 0.25) is 0 Å². The van der Waals surface area contributed by atoms with Crippen LogP contribution in [0.5, 0.6) is 0 Å². The van der Waals surface area contributed by atoms with Gasteiger partial charge in [0.1, 0.15) is 0 Å². The summed E-state index contributed by atoms with van der Waals surface area (Å²) in [6, 6.07) is -0.621. The molecule has 0 radical (unpaired) electrons. The van der Waals surface area contributed by atoms with E-state index in [1.165, 1.54) is 270 Å². The second-order valence-corrected chi connectivity index (χ2v) is 21.8. The van der Waals surface area contributed by atoms with Crippen molar-refractivity contribution >= 4 is 5.91 Å². The van der Waals surface area contributed by atoms with Gasteiger partial charge in [-0.05, 0) is 57.8 Å². The number of hydrogen-bond acceptors (Lipinski definition) is 3. The van der Waals surface area contributed by atoms with E-state index in [-0.39, 0.29) is 12.5 Å². The van der Waals surface area contributed by atoms with Gasteiger partial charge in [0.15, 0.2) is 0 Å². The number of amides is 1. The second kappa shape index (κ2) is 62.4. The fraction of sp³-hybridized carbons (Fsp3) is 0.836. The Morgan fingerprint density at radius 3 is 0.930 bits per heavy atom. The molecule has 0 aromatic rings. The van der Waals surface area contributed by atoms with Gasteiger partial charge in [-0.3, -0.25) is 4.79 Å². The van der Waals surface area contributed by atoms with Crippen molar-refractivity contribution < 1.29 is 15.0 Å². The summed E-state index contributed by atoms with van der Waals surface area (Å²) in [4.78, 5) is 12.5. The third-order valence-corrected chi connectivity index (χ3v) is 14.8. The molecule has 2 atom stereocenters. The molecule has 4 heteroatoms. The zero-order chi connectivity index (χ0) is 51.3. The largest absolute Gasteiger partial charge is 0.394 e. The molecular weight excluding hydrogens is 867 g/mol. The summed E-state index contributed by atoms with van der Waals surface area (Å²) in [6.07, 6.45) is 88.6. The van der Waals surface area contributed by atoms with Crippen LogP contribution in [0.15, 0.2) is 60.8 Å². The Balaban J connectivity index is 3.39. The predicted octanol–water partition coefficient (Wildman–Crippen LogP) is 21.5. The first kappa shape index (κ1) is 69.1. The molecule has 2 unspecified atom stereocenters. The Morgan fingerprint density at radius 1 is 0.352 bits per heavy atom. The molecule has 0 aromatic carbocycles. The molecule has 0 aliphatic heterocycles. The van der Waals surface area contributed by atoms with Crippen LogP contribution in [0.4, 0.5) is 0 Å². The Labute approximate surface area is 445 Å². The van der Waals surface area contributed by atoms with E-state index in [0.29, 0.717) is 6.42 Å². The smallest absolute Gasteiger partial charge is 0.220 e. The van der Waals surface area contributed by atoms with Gasteiger partial charge in [0.05, 0.1) is 18.8 Å². The number of carbonyl (C=O) groups excluding carboxylic acids is 1. The van der Waals surface area contributed by atoms with Crippen molar-refractivity contribution in [3.8, 4) is 0 Å². The standard InChI is InChI=1S/C67H125NO3/c1-3-5-7-9-11-13-15-17-19-21-23-24-25-26-27-28-29-30-31-32-33-34-35-36-37-38-39-40-41-42-43-44-45-47-49-51-53-55-57-59-61-63-67(71)68-65(64-69)66(70)62-60-58-56-54-52-50-48-46-22-20-18-16-14-12-10-8-6-4-2/h5,7,11,13,17,19,23-24,60,62,65-66,69-70H,3-4,6,8-10,12,14-16,18,20-22,25-59,61,63-64H2,1-2H3,(H,68,71)/b7-5-,13-11-,19-17-,24-23-,62-60+. The number of allylic oxidation sites excluding steroid dienone is 9. The van der Waals surface area contributed by atoms with Crippen LogP contribution >= 0.6 is 0 Å². The monoisotopic (exact) mass is 992 g/mol. The molecule has 0 bridgehead atoms. The highest BCUT2D eigenvalue weighted by atomic mass is 16.3. The molecule has 0 aromatic heterocycles. The first-order valence-electron chi connectivity index (χ1n) is 32.0. The second-order valence-electron chi connectivity index (χ2n) is 21.8. The van der Waals surface area contributed by atoms with Gasteiger partial charge in [0.2, 0.25) is 5.91 Å². The van der Waals surface area contributed by atoms with Crippen LogP contribution in [-0.2, 0) is 4.79 Å². The molecule has 0 aliphatic carbocycles. The zero-order valence-electron chi connectivity index (χ0n) is 48.0. The molecular formula is C67H125NO3. The summed E-state index contributed by atoms with van der Waals surface area (Å²) in [5, 5.41) is 23.2. The van der Waals surface area contributed by atoms with Crippen molar-refractivity contribution in [3.63, 3.8) is 0 Å². The minimum atomic E-state index is -0.838. The average molecular weight is 993 g/mol. The average Bonchev–Trinajstić information content (AvgIpc) is 3.37. The van der Waals surface area contributed by atoms with Gasteiger partial charge in [-0.25, -0.2) is 0 Å². The van der Waals surface area contributed by atoms with Crippen LogP contribution in [0, 0.1) is 0 Å². The van der Waals surface area contributed by atoms with Gasteiger partial charge in [-0.15, -0.1) is 0 Å². The summed E-state index contributed by atoms with van der Waals surface area (Å²) >= 11 is 0. The third kappa shape index (κ3) is 58.8. The Hall–Kier alpha value is -1.91. The highest BCUT2D eigenvalue weighted by Gasteiger charge is 2.18. The number of carbonyl (C=O) groups is 1. The lowest BCUT2D eigenvalue weighted by Gasteiger charge is -2.20. The molecule has 1 amide bonds. The molecule has 3 N–H and O–H groups in total. The van der Waals surface area contributed by atoms with E-state index < -0.39 is 12.1 Å². The number of rotatable bonds is 59. The molecule has 0 heterocycles. The minimum Gasteiger partial charge on any atom is -0.394 e. The third-order valence-electron chi connectivity index (χ3n) is 14.8. The van der Waals surface area contributed by atoms with Crippen LogP contribution in [0.1, 0.15) is 341 Å². The minimum absolute atomic E-state index is 0.0576. The first-order chi connectivity index (χ1) is 35.2. The van der Waals surface area contributed by atoms with Gasteiger partial charge in [-0.2, -0.15) is 0 Å². The molecule has 0 saturated heterocycles. The summed E-state index contributed by atoms with van der Waals surface area (Å²) in [6.45, 7) is 4.22. The summed E-state index contributed by atoms with van der Waals surface area (Å²) < 4.78 is 0. The lowest BCUT2D eigenvalue weighted by atomic mass is 10.0. The van der Waals surface area contributed by atoms with Crippen molar-refractivity contribution in [3.05, 3.63) is 60.8 Å². The van der Waals surface area contributed by atoms with Crippen molar-refractivity contribution in [1.82, 2.24) is 5.32 Å². The van der Waals surface area contributed by atoms with E-state index in [1.54, 1.807) is 6.08 Å². The Bertz CT molecular complexity index is 1170. The highest BCUT2D eigenvalue weighted by Crippen LogP contribution is 2.18. The van der Waals surface area contributed by atoms with Crippen LogP contribution < -0.4 is 5.32 Å². The van der Waals surface area contributed by atoms with Gasteiger partial charge in [-0.1, -0.05) is 338 Å². The number of aliphatic hydroxyl groups excluding tert-OH is 2. The first-order valence-corrected chi connectivity index (χ1v) is 32.0. The van der Waals surface area contributed by atoms with Crippen molar-refractivity contribution in [2.24, 2.45) is 0 Å². The van der Waals surface area contributed by atoms with Gasteiger partial charge in [0, 0.05) is 6.42 Å². The van der Waals surface area contributed by atoms with E-state index in [2.05, 4.69) is 67.8 Å². The van der Waals surface area contributed by atoms with E-state index in [1.807, 2.05) is 6.08 Å². The Kier molecular flexibility index (Phi) is 60.7. The Morgan fingerprint density at radius 2 is 0.620 bits per heavy atom. The molecule has 0 spiro atoms. The molecule has 0 fully saturated rings. The molecule has 0 aliphatic rings. The van der Waals surface area contributed by atoms with Gasteiger partial charge < -0.3 is 15.5 Å². The SMILES string of the molecule is CC/C=C\C/C=C\C/C=C\C/C=C\CCCCCCCCCCCCCCCCCCCCCCCCCCCCCCC(=O)NC(CO)C(O)/C=C/CCCCCCCCCCCCCCCCCC. The predicted molar refractivity (Wildman–Crippen MR) is 318 cm³/mol. The summed E-state index contributed by atoms with van der Waals surface area (Å²) in [5.74, 6) is -0.0576. The van der Waals surface area contributed by atoms with Crippen LogP contribution in [0.3, 0.4) is 0 Å². The van der Waals surface area contributed by atoms with Crippen molar-refractivity contribution in [2.45, 2.75) is 353 Å². The number of nitrogens with one attached hydrogen (secondary N) is 1. The maximum absolute atomic E-state index is 12.5. The molecule has 71 heavy (non-hydrogen) atoms. The molecule has 0 rings (SSSR count). The summed E-state index contributed by atoms with van der Waals surface area (Å²) in [5.41, 5.74) is 0. The van der Waals surface area contributed by atoms with Crippen LogP contribution in [-0.4, -0.2) is 34.9 Å². The van der Waals surface area contributed by atoms with Crippen molar-refractivity contribution in [2.75, 3.05) is 6.61 Å². The number of aliphatic hydroxyl groups is 2. The normalized spacial score (nSPS) is 13.1. The van der Waals surface area contributed by atoms with E-state index in [9.17, 15) is 15.0 Å². The van der Waals surface area contributed by atoms with Crippen LogP contribution in [0.25, 0.3) is 0 Å². The molecule has 416 valence electrons. The summed E-state index contributed by atoms with van der Waals surface area (Å²) in [7, 11) is 0. The van der Waals surface area contributed by atoms with E-state index >= 15 is 0 Å². The quantitative estimate of drug-likeness (QED) is 0.0420. The molecule has 4 nitrogen and oxygen atoms in total. The van der Waals surface area contributed by atoms with Gasteiger partial charge >= 0.3 is 0 Å². The lowest BCUT2D eigenvalue weighted by Crippen LogP contribution is -2.45. The van der Waals surface area contributed by atoms with E-state index in [4.69, 9.17) is 0 Å². The van der Waals surface area contributed by atoms with Gasteiger partial charge in [0.25, 0.3) is 0 Å². The topological polar surface area (TPSA) is 69.6 Å².